The molecule has 1 saturated carbocycles. The Hall–Kier alpha value is -3.08. The van der Waals surface area contributed by atoms with Gasteiger partial charge in [0.2, 0.25) is 5.76 Å². The van der Waals surface area contributed by atoms with Gasteiger partial charge < -0.3 is 24.7 Å². The Labute approximate surface area is 163 Å². The molecule has 2 unspecified atom stereocenters. The molecular weight excluding hydrogens is 356 g/mol. The molecule has 1 aliphatic carbocycles. The van der Waals surface area contributed by atoms with E-state index in [2.05, 4.69) is 22.0 Å². The number of aromatic nitrogens is 3. The van der Waals surface area contributed by atoms with Gasteiger partial charge in [-0.3, -0.25) is 0 Å². The number of benzene rings is 1. The molecule has 144 valence electrons. The van der Waals surface area contributed by atoms with Gasteiger partial charge in [0.25, 0.3) is 0 Å². The first-order valence-electron chi connectivity index (χ1n) is 9.23. The van der Waals surface area contributed by atoms with Gasteiger partial charge in [-0.2, -0.15) is 0 Å². The minimum Gasteiger partial charge on any atom is -0.493 e. The Bertz CT molecular complexity index is 995. The van der Waals surface area contributed by atoms with E-state index in [1.807, 2.05) is 28.8 Å². The van der Waals surface area contributed by atoms with Crippen molar-refractivity contribution < 1.29 is 14.4 Å². The molecule has 1 fully saturated rings. The molecule has 7 heteroatoms. The van der Waals surface area contributed by atoms with E-state index in [9.17, 15) is 5.11 Å². The van der Waals surface area contributed by atoms with Crippen LogP contribution in [0.2, 0.25) is 0 Å². The highest BCUT2D eigenvalue weighted by molar-refractivity contribution is 5.41. The highest BCUT2D eigenvalue weighted by Crippen LogP contribution is 2.28. The summed E-state index contributed by atoms with van der Waals surface area (Å²) in [5.41, 5.74) is 7.36. The van der Waals surface area contributed by atoms with Crippen LogP contribution in [0.4, 0.5) is 0 Å². The van der Waals surface area contributed by atoms with Gasteiger partial charge in [-0.1, -0.05) is 11.1 Å². The number of ether oxygens (including phenoxy) is 1. The van der Waals surface area contributed by atoms with Gasteiger partial charge in [0, 0.05) is 36.0 Å². The van der Waals surface area contributed by atoms with E-state index < -0.39 is 6.10 Å². The van der Waals surface area contributed by atoms with Crippen LogP contribution < -0.4 is 10.5 Å². The molecular formula is C21H22N4O3. The molecule has 4 rings (SSSR count). The molecule has 2 heterocycles. The summed E-state index contributed by atoms with van der Waals surface area (Å²) in [4.78, 5) is 4.14. The number of rotatable bonds is 6. The van der Waals surface area contributed by atoms with Crippen molar-refractivity contribution in [3.63, 3.8) is 0 Å². The third kappa shape index (κ3) is 4.42. The van der Waals surface area contributed by atoms with E-state index in [-0.39, 0.29) is 0 Å². The van der Waals surface area contributed by atoms with Crippen molar-refractivity contribution in [2.75, 3.05) is 6.61 Å². The topological polar surface area (TPSA) is 99.3 Å². The lowest BCUT2D eigenvalue weighted by Gasteiger charge is -2.07. The normalized spacial score (nSPS) is 19.0. The van der Waals surface area contributed by atoms with Crippen LogP contribution in [-0.4, -0.2) is 32.5 Å². The van der Waals surface area contributed by atoms with E-state index >= 15 is 0 Å². The molecule has 0 bridgehead atoms. The molecule has 0 aliphatic heterocycles. The summed E-state index contributed by atoms with van der Waals surface area (Å²) in [7, 11) is 0. The third-order valence-corrected chi connectivity index (χ3v) is 4.64. The van der Waals surface area contributed by atoms with Crippen LogP contribution in [0.15, 0.2) is 47.2 Å². The monoisotopic (exact) mass is 378 g/mol. The van der Waals surface area contributed by atoms with Crippen LogP contribution in [0.25, 0.3) is 0 Å². The summed E-state index contributed by atoms with van der Waals surface area (Å²) in [6.45, 7) is 2.80. The first-order valence-corrected chi connectivity index (χ1v) is 9.23. The standard InChI is InChI=1S/C21H22N4O3/c1-14(26)21-23-8-9-25(21)12-17-11-19(28-24-17)7-4-15-2-5-18(6-3-15)27-13-16-10-20(16)22/h2-3,5-6,8-9,11,14,16,20,26H,10,12-13,22H2,1H3/t14-,16?,20?/m0/s1. The second-order valence-corrected chi connectivity index (χ2v) is 7.02. The number of nitrogens with two attached hydrogens (primary N) is 1. The zero-order valence-electron chi connectivity index (χ0n) is 15.6. The first-order chi connectivity index (χ1) is 13.6. The molecule has 7 nitrogen and oxygen atoms in total. The Morgan fingerprint density at radius 1 is 1.36 bits per heavy atom. The number of aliphatic hydroxyl groups is 1. The maximum absolute atomic E-state index is 9.72. The average Bonchev–Trinajstić information content (AvgIpc) is 3.07. The fourth-order valence-electron chi connectivity index (χ4n) is 2.88. The van der Waals surface area contributed by atoms with Crippen LogP contribution in [0, 0.1) is 17.8 Å². The van der Waals surface area contributed by atoms with Crippen molar-refractivity contribution in [2.45, 2.75) is 32.0 Å². The Kier molecular flexibility index (Phi) is 5.15. The number of aliphatic hydroxyl groups excluding tert-OH is 1. The predicted molar refractivity (Wildman–Crippen MR) is 102 cm³/mol. The van der Waals surface area contributed by atoms with Gasteiger partial charge in [0.1, 0.15) is 23.4 Å². The second-order valence-electron chi connectivity index (χ2n) is 7.02. The largest absolute Gasteiger partial charge is 0.493 e. The Morgan fingerprint density at radius 3 is 2.86 bits per heavy atom. The van der Waals surface area contributed by atoms with Crippen molar-refractivity contribution in [2.24, 2.45) is 11.7 Å². The van der Waals surface area contributed by atoms with Crippen LogP contribution in [-0.2, 0) is 6.54 Å². The highest BCUT2D eigenvalue weighted by atomic mass is 16.5. The minimum absolute atomic E-state index is 0.296. The van der Waals surface area contributed by atoms with Gasteiger partial charge in [-0.05, 0) is 43.5 Å². The zero-order chi connectivity index (χ0) is 19.5. The molecule has 3 atom stereocenters. The van der Waals surface area contributed by atoms with Gasteiger partial charge >= 0.3 is 0 Å². The summed E-state index contributed by atoms with van der Waals surface area (Å²) in [5.74, 6) is 8.40. The van der Waals surface area contributed by atoms with Gasteiger partial charge in [0.15, 0.2) is 0 Å². The number of hydrogen-bond acceptors (Lipinski definition) is 6. The minimum atomic E-state index is -0.644. The molecule has 2 aromatic heterocycles. The van der Waals surface area contributed by atoms with E-state index in [4.69, 9.17) is 15.0 Å². The number of nitrogens with zero attached hydrogens (tertiary/aromatic N) is 3. The lowest BCUT2D eigenvalue weighted by Crippen LogP contribution is -2.08. The fraction of sp³-hybridized carbons (Fsp3) is 0.333. The number of hydrogen-bond donors (Lipinski definition) is 2. The molecule has 0 spiro atoms. The zero-order valence-corrected chi connectivity index (χ0v) is 15.6. The van der Waals surface area contributed by atoms with Gasteiger partial charge in [-0.25, -0.2) is 4.98 Å². The molecule has 28 heavy (non-hydrogen) atoms. The maximum atomic E-state index is 9.72. The molecule has 1 aromatic carbocycles. The van der Waals surface area contributed by atoms with Crippen molar-refractivity contribution in [3.05, 3.63) is 65.6 Å². The van der Waals surface area contributed by atoms with Crippen LogP contribution in [0.5, 0.6) is 5.75 Å². The van der Waals surface area contributed by atoms with E-state index in [0.29, 0.717) is 42.4 Å². The van der Waals surface area contributed by atoms with Gasteiger partial charge in [0.05, 0.1) is 13.2 Å². The fourth-order valence-corrected chi connectivity index (χ4v) is 2.88. The summed E-state index contributed by atoms with van der Waals surface area (Å²) in [6.07, 6.45) is 3.84. The summed E-state index contributed by atoms with van der Waals surface area (Å²) in [5, 5.41) is 13.8. The van der Waals surface area contributed by atoms with Crippen LogP contribution in [0.1, 0.15) is 42.3 Å². The van der Waals surface area contributed by atoms with Crippen LogP contribution >= 0.6 is 0 Å². The number of imidazole rings is 1. The lowest BCUT2D eigenvalue weighted by molar-refractivity contribution is 0.184. The van der Waals surface area contributed by atoms with Crippen molar-refractivity contribution >= 4 is 0 Å². The average molecular weight is 378 g/mol. The molecule has 1 aliphatic rings. The summed E-state index contributed by atoms with van der Waals surface area (Å²) < 4.78 is 12.8. The molecule has 0 amide bonds. The Balaban J connectivity index is 1.36. The molecule has 3 aromatic rings. The highest BCUT2D eigenvalue weighted by Gasteiger charge is 2.33. The Morgan fingerprint density at radius 2 is 2.14 bits per heavy atom. The molecule has 0 saturated heterocycles. The van der Waals surface area contributed by atoms with Gasteiger partial charge in [-0.15, -0.1) is 0 Å². The maximum Gasteiger partial charge on any atom is 0.210 e. The van der Waals surface area contributed by atoms with Crippen molar-refractivity contribution in [3.8, 4) is 17.6 Å². The predicted octanol–water partition coefficient (Wildman–Crippen LogP) is 2.10. The second kappa shape index (κ2) is 7.89. The first kappa shape index (κ1) is 18.3. The van der Waals surface area contributed by atoms with E-state index in [0.717, 1.165) is 17.7 Å². The molecule has 0 radical (unpaired) electrons. The van der Waals surface area contributed by atoms with E-state index in [1.165, 1.54) is 0 Å². The van der Waals surface area contributed by atoms with Crippen molar-refractivity contribution in [1.29, 1.82) is 0 Å². The quantitative estimate of drug-likeness (QED) is 0.637. The smallest absolute Gasteiger partial charge is 0.210 e. The summed E-state index contributed by atoms with van der Waals surface area (Å²) >= 11 is 0. The van der Waals surface area contributed by atoms with E-state index in [1.54, 1.807) is 25.4 Å². The third-order valence-electron chi connectivity index (χ3n) is 4.64. The lowest BCUT2D eigenvalue weighted by atomic mass is 10.2. The summed E-state index contributed by atoms with van der Waals surface area (Å²) in [6, 6.07) is 9.71. The molecule has 3 N–H and O–H groups in total. The van der Waals surface area contributed by atoms with Crippen molar-refractivity contribution in [1.82, 2.24) is 14.7 Å². The SMILES string of the molecule is C[C@H](O)c1nccn1Cc1cc(C#Cc2ccc(OCC3CC3N)cc2)on1. The van der Waals surface area contributed by atoms with Crippen LogP contribution in [0.3, 0.4) is 0 Å².